The zero-order valence-corrected chi connectivity index (χ0v) is 18.0. The molecule has 2 aromatic rings. The van der Waals surface area contributed by atoms with Crippen LogP contribution in [-0.4, -0.2) is 54.6 Å². The number of piperazine rings is 1. The molecule has 1 aliphatic heterocycles. The van der Waals surface area contributed by atoms with Gasteiger partial charge in [-0.05, 0) is 49.1 Å². The van der Waals surface area contributed by atoms with Crippen LogP contribution in [0.3, 0.4) is 0 Å². The molecule has 2 heterocycles. The van der Waals surface area contributed by atoms with E-state index in [9.17, 15) is 4.79 Å². The van der Waals surface area contributed by atoms with Gasteiger partial charge in [0.1, 0.15) is 5.82 Å². The average Bonchev–Trinajstić information content (AvgIpc) is 3.52. The van der Waals surface area contributed by atoms with E-state index in [1.807, 2.05) is 30.5 Å². The summed E-state index contributed by atoms with van der Waals surface area (Å²) in [7, 11) is 0. The number of nitrogens with one attached hydrogen (secondary N) is 1. The van der Waals surface area contributed by atoms with E-state index in [0.29, 0.717) is 10.0 Å². The average molecular weight is 433 g/mol. The number of amides is 1. The fourth-order valence-electron chi connectivity index (χ4n) is 4.08. The molecule has 1 saturated carbocycles. The molecular formula is C22H26Cl2N4O. The van der Waals surface area contributed by atoms with Crippen LogP contribution in [-0.2, 0) is 4.79 Å². The predicted molar refractivity (Wildman–Crippen MR) is 118 cm³/mol. The summed E-state index contributed by atoms with van der Waals surface area (Å²) in [4.78, 5) is 21.8. The molecule has 2 aliphatic rings. The molecule has 1 aliphatic carbocycles. The number of carbonyl (C=O) groups excluding carboxylic acids is 1. The summed E-state index contributed by atoms with van der Waals surface area (Å²) in [5, 5.41) is 4.29. The maximum absolute atomic E-state index is 12.6. The third kappa shape index (κ3) is 5.03. The van der Waals surface area contributed by atoms with Crippen LogP contribution in [0.2, 0.25) is 10.0 Å². The number of anilines is 1. The highest BCUT2D eigenvalue weighted by Gasteiger charge is 2.44. The molecule has 3 unspecified atom stereocenters. The molecular weight excluding hydrogens is 407 g/mol. The molecule has 4 rings (SSSR count). The van der Waals surface area contributed by atoms with Crippen molar-refractivity contribution in [2.24, 2.45) is 5.92 Å². The monoisotopic (exact) mass is 432 g/mol. The lowest BCUT2D eigenvalue weighted by molar-refractivity contribution is -0.123. The van der Waals surface area contributed by atoms with Gasteiger partial charge in [0.05, 0.1) is 10.0 Å². The third-order valence-electron chi connectivity index (χ3n) is 5.77. The Hall–Kier alpha value is -1.82. The Morgan fingerprint density at radius 1 is 1.17 bits per heavy atom. The molecule has 7 heteroatoms. The first-order valence-electron chi connectivity index (χ1n) is 10.1. The lowest BCUT2D eigenvalue weighted by atomic mass is 10.1. The number of hydrogen-bond donors (Lipinski definition) is 1. The van der Waals surface area contributed by atoms with Crippen molar-refractivity contribution in [1.29, 1.82) is 0 Å². The first-order valence-corrected chi connectivity index (χ1v) is 10.9. The van der Waals surface area contributed by atoms with E-state index in [4.69, 9.17) is 23.2 Å². The largest absolute Gasteiger partial charge is 0.354 e. The lowest BCUT2D eigenvalue weighted by Crippen LogP contribution is -2.51. The number of aromatic nitrogens is 1. The van der Waals surface area contributed by atoms with Crippen molar-refractivity contribution in [3.05, 3.63) is 58.2 Å². The smallest absolute Gasteiger partial charge is 0.224 e. The van der Waals surface area contributed by atoms with Gasteiger partial charge in [-0.1, -0.05) is 35.3 Å². The molecule has 1 N–H and O–H groups in total. The van der Waals surface area contributed by atoms with Gasteiger partial charge in [-0.15, -0.1) is 0 Å². The summed E-state index contributed by atoms with van der Waals surface area (Å²) in [6.07, 6.45) is 2.71. The first-order chi connectivity index (χ1) is 14.0. The van der Waals surface area contributed by atoms with Crippen LogP contribution in [0, 0.1) is 5.92 Å². The fraction of sp³-hybridized carbons (Fsp3) is 0.455. The molecule has 1 amide bonds. The highest BCUT2D eigenvalue weighted by Crippen LogP contribution is 2.48. The molecule has 5 nitrogen and oxygen atoms in total. The first kappa shape index (κ1) is 20.5. The summed E-state index contributed by atoms with van der Waals surface area (Å²) in [5.74, 6) is 1.46. The van der Waals surface area contributed by atoms with E-state index in [1.54, 1.807) is 6.07 Å². The van der Waals surface area contributed by atoms with Crippen LogP contribution in [0.5, 0.6) is 0 Å². The molecule has 1 aromatic heterocycles. The molecule has 0 radical (unpaired) electrons. The minimum atomic E-state index is 0.0377. The Labute approximate surface area is 182 Å². The highest BCUT2D eigenvalue weighted by molar-refractivity contribution is 6.42. The van der Waals surface area contributed by atoms with Crippen LogP contribution in [0.15, 0.2) is 42.6 Å². The van der Waals surface area contributed by atoms with Gasteiger partial charge in [-0.25, -0.2) is 4.98 Å². The number of nitrogens with zero attached hydrogens (tertiary/aromatic N) is 3. The molecule has 3 atom stereocenters. The molecule has 1 aromatic carbocycles. The van der Waals surface area contributed by atoms with Gasteiger partial charge in [0, 0.05) is 50.9 Å². The van der Waals surface area contributed by atoms with Crippen molar-refractivity contribution in [2.45, 2.75) is 25.3 Å². The second kappa shape index (κ2) is 8.90. The number of hydrogen-bond acceptors (Lipinski definition) is 4. The van der Waals surface area contributed by atoms with Crippen molar-refractivity contribution >= 4 is 34.9 Å². The summed E-state index contributed by atoms with van der Waals surface area (Å²) in [6.45, 7) is 6.82. The highest BCUT2D eigenvalue weighted by atomic mass is 35.5. The molecule has 0 spiro atoms. The van der Waals surface area contributed by atoms with Crippen LogP contribution >= 0.6 is 23.2 Å². The SMILES string of the molecule is CC(CN1CCN(c2ccccn2)CC1)NC(=O)C1CC1c1ccc(Cl)c(Cl)c1. The van der Waals surface area contributed by atoms with Gasteiger partial charge in [0.25, 0.3) is 0 Å². The van der Waals surface area contributed by atoms with Gasteiger partial charge >= 0.3 is 0 Å². The van der Waals surface area contributed by atoms with Gasteiger partial charge in [0.2, 0.25) is 5.91 Å². The predicted octanol–water partition coefficient (Wildman–Crippen LogP) is 3.82. The molecule has 1 saturated heterocycles. The second-order valence-corrected chi connectivity index (χ2v) is 8.82. The lowest BCUT2D eigenvalue weighted by Gasteiger charge is -2.36. The number of halogens is 2. The maximum atomic E-state index is 12.6. The molecule has 29 heavy (non-hydrogen) atoms. The van der Waals surface area contributed by atoms with E-state index in [-0.39, 0.29) is 23.8 Å². The van der Waals surface area contributed by atoms with Crippen LogP contribution in [0.25, 0.3) is 0 Å². The van der Waals surface area contributed by atoms with Gasteiger partial charge in [-0.2, -0.15) is 0 Å². The third-order valence-corrected chi connectivity index (χ3v) is 6.50. The molecule has 0 bridgehead atoms. The Balaban J connectivity index is 1.22. The number of pyridine rings is 1. The Bertz CT molecular complexity index is 855. The van der Waals surface area contributed by atoms with Gasteiger partial charge < -0.3 is 10.2 Å². The number of benzene rings is 1. The summed E-state index contributed by atoms with van der Waals surface area (Å²) in [6, 6.07) is 11.8. The quantitative estimate of drug-likeness (QED) is 0.753. The van der Waals surface area contributed by atoms with E-state index >= 15 is 0 Å². The fourth-order valence-corrected chi connectivity index (χ4v) is 4.39. The number of rotatable bonds is 6. The van der Waals surface area contributed by atoms with Gasteiger partial charge in [-0.3, -0.25) is 9.69 Å². The topological polar surface area (TPSA) is 48.5 Å². The van der Waals surface area contributed by atoms with E-state index in [1.165, 1.54) is 0 Å². The Morgan fingerprint density at radius 3 is 2.66 bits per heavy atom. The molecule has 2 fully saturated rings. The van der Waals surface area contributed by atoms with Crippen molar-refractivity contribution in [3.63, 3.8) is 0 Å². The number of carbonyl (C=O) groups is 1. The van der Waals surface area contributed by atoms with E-state index in [2.05, 4.69) is 33.1 Å². The Morgan fingerprint density at radius 2 is 1.97 bits per heavy atom. The zero-order valence-electron chi connectivity index (χ0n) is 16.5. The van der Waals surface area contributed by atoms with Crippen LogP contribution < -0.4 is 10.2 Å². The Kier molecular flexibility index (Phi) is 6.28. The van der Waals surface area contributed by atoms with E-state index < -0.39 is 0 Å². The van der Waals surface area contributed by atoms with Crippen LogP contribution in [0.4, 0.5) is 5.82 Å². The van der Waals surface area contributed by atoms with Crippen LogP contribution in [0.1, 0.15) is 24.8 Å². The van der Waals surface area contributed by atoms with Crippen molar-refractivity contribution in [2.75, 3.05) is 37.6 Å². The second-order valence-electron chi connectivity index (χ2n) is 8.01. The zero-order chi connectivity index (χ0) is 20.4. The minimum absolute atomic E-state index is 0.0377. The minimum Gasteiger partial charge on any atom is -0.354 e. The normalized spacial score (nSPS) is 22.9. The van der Waals surface area contributed by atoms with E-state index in [0.717, 1.165) is 50.5 Å². The van der Waals surface area contributed by atoms with Gasteiger partial charge in [0.15, 0.2) is 0 Å². The summed E-state index contributed by atoms with van der Waals surface area (Å²) < 4.78 is 0. The summed E-state index contributed by atoms with van der Waals surface area (Å²) >= 11 is 12.1. The van der Waals surface area contributed by atoms with Crippen molar-refractivity contribution in [1.82, 2.24) is 15.2 Å². The van der Waals surface area contributed by atoms with Crippen molar-refractivity contribution < 1.29 is 4.79 Å². The standard InChI is InChI=1S/C22H26Cl2N4O/c1-15(14-27-8-10-28(11-9-27)21-4-2-3-7-25-21)26-22(29)18-13-17(18)16-5-6-19(23)20(24)12-16/h2-7,12,15,17-18H,8-11,13-14H2,1H3,(H,26,29). The molecule has 154 valence electrons. The maximum Gasteiger partial charge on any atom is 0.224 e. The van der Waals surface area contributed by atoms with Crippen molar-refractivity contribution in [3.8, 4) is 0 Å². The summed E-state index contributed by atoms with van der Waals surface area (Å²) in [5.41, 5.74) is 1.10.